The highest BCUT2D eigenvalue weighted by Gasteiger charge is 2.39. The van der Waals surface area contributed by atoms with Gasteiger partial charge in [0.1, 0.15) is 5.60 Å². The van der Waals surface area contributed by atoms with Crippen molar-refractivity contribution < 1.29 is 5.11 Å². The van der Waals surface area contributed by atoms with Crippen LogP contribution in [0.2, 0.25) is 0 Å². The van der Waals surface area contributed by atoms with E-state index >= 15 is 0 Å². The van der Waals surface area contributed by atoms with E-state index in [-0.39, 0.29) is 5.92 Å². The van der Waals surface area contributed by atoms with Gasteiger partial charge in [-0.1, -0.05) is 13.8 Å². The third kappa shape index (κ3) is 1.07. The molecule has 1 fully saturated rings. The number of β-amino-alcohol motifs (C(OH)–C–C–N with tert-alkyl or cyclic N) is 1. The minimum atomic E-state index is -0.825. The fourth-order valence-electron chi connectivity index (χ4n) is 1.09. The van der Waals surface area contributed by atoms with E-state index in [9.17, 15) is 5.11 Å². The fourth-order valence-corrected chi connectivity index (χ4v) is 1.09. The van der Waals surface area contributed by atoms with E-state index in [1.807, 2.05) is 13.8 Å². The van der Waals surface area contributed by atoms with Gasteiger partial charge in [0.15, 0.2) is 0 Å². The lowest BCUT2D eigenvalue weighted by molar-refractivity contribution is 0.0523. The van der Waals surface area contributed by atoms with Crippen LogP contribution in [-0.2, 0) is 0 Å². The van der Waals surface area contributed by atoms with Crippen LogP contribution < -0.4 is 5.32 Å². The predicted molar refractivity (Wildman–Crippen MR) is 40.4 cm³/mol. The summed E-state index contributed by atoms with van der Waals surface area (Å²) < 4.78 is 0. The fraction of sp³-hybridized carbons (Fsp3) is 0.857. The van der Waals surface area contributed by atoms with E-state index in [1.54, 1.807) is 0 Å². The second kappa shape index (κ2) is 2.32. The molecule has 0 aliphatic carbocycles. The molecule has 0 unspecified atom stereocenters. The number of nitrogens with one attached hydrogen (secondary N) is 2. The third-order valence-electron chi connectivity index (χ3n) is 1.91. The molecule has 0 aromatic carbocycles. The maximum Gasteiger partial charge on any atom is 0.127 e. The van der Waals surface area contributed by atoms with Gasteiger partial charge in [0, 0.05) is 18.8 Å². The number of rotatable bonds is 2. The molecule has 0 amide bonds. The summed E-state index contributed by atoms with van der Waals surface area (Å²) in [5.41, 5.74) is -0.375. The van der Waals surface area contributed by atoms with Gasteiger partial charge in [-0.3, -0.25) is 0 Å². The summed E-state index contributed by atoms with van der Waals surface area (Å²) in [4.78, 5) is 0. The Labute approximate surface area is 61.0 Å². The van der Waals surface area contributed by atoms with Crippen LogP contribution in [0, 0.1) is 11.3 Å². The monoisotopic (exact) mass is 142 g/mol. The first kappa shape index (κ1) is 7.69. The van der Waals surface area contributed by atoms with Gasteiger partial charge in [-0.05, 0) is 5.92 Å². The first-order chi connectivity index (χ1) is 4.56. The molecule has 1 aliphatic heterocycles. The zero-order chi connectivity index (χ0) is 7.78. The average molecular weight is 142 g/mol. The van der Waals surface area contributed by atoms with E-state index in [0.717, 1.165) is 0 Å². The lowest BCUT2D eigenvalue weighted by Crippen LogP contribution is -2.65. The molecule has 0 radical (unpaired) electrons. The van der Waals surface area contributed by atoms with Crippen molar-refractivity contribution in [3.63, 3.8) is 0 Å². The normalized spacial score (nSPS) is 22.4. The maximum atomic E-state index is 9.56. The van der Waals surface area contributed by atoms with Gasteiger partial charge in [-0.2, -0.15) is 0 Å². The molecule has 10 heavy (non-hydrogen) atoms. The summed E-state index contributed by atoms with van der Waals surface area (Å²) in [5.74, 6) is 0.159. The van der Waals surface area contributed by atoms with Crippen molar-refractivity contribution in [2.24, 2.45) is 5.92 Å². The lowest BCUT2D eigenvalue weighted by atomic mass is 9.85. The summed E-state index contributed by atoms with van der Waals surface area (Å²) in [7, 11) is 0. The molecule has 0 atom stereocenters. The van der Waals surface area contributed by atoms with Gasteiger partial charge >= 0.3 is 0 Å². The summed E-state index contributed by atoms with van der Waals surface area (Å²) in [6, 6.07) is 0. The van der Waals surface area contributed by atoms with Gasteiger partial charge < -0.3 is 15.8 Å². The molecule has 1 rings (SSSR count). The van der Waals surface area contributed by atoms with Crippen LogP contribution >= 0.6 is 0 Å². The number of hydrogen-bond acceptors (Lipinski definition) is 3. The zero-order valence-electron chi connectivity index (χ0n) is 6.44. The lowest BCUT2D eigenvalue weighted by Gasteiger charge is -2.39. The van der Waals surface area contributed by atoms with Crippen molar-refractivity contribution in [3.8, 4) is 0 Å². The van der Waals surface area contributed by atoms with Crippen LogP contribution in [0.25, 0.3) is 0 Å². The smallest absolute Gasteiger partial charge is 0.127 e. The molecule has 0 aromatic heterocycles. The standard InChI is InChI=1S/C7H14N2O/c1-5(2)6(8)7(10)3-9-4-7/h5,8-10H,3-4H2,1-2H3. The second-order valence-electron chi connectivity index (χ2n) is 3.20. The van der Waals surface area contributed by atoms with Crippen LogP contribution in [0.4, 0.5) is 0 Å². The van der Waals surface area contributed by atoms with Crippen LogP contribution in [0.5, 0.6) is 0 Å². The molecule has 0 bridgehead atoms. The Kier molecular flexibility index (Phi) is 1.79. The third-order valence-corrected chi connectivity index (χ3v) is 1.91. The Balaban J connectivity index is 2.55. The Hall–Kier alpha value is -0.410. The highest BCUT2D eigenvalue weighted by atomic mass is 16.3. The molecular formula is C7H14N2O. The predicted octanol–water partition coefficient (Wildman–Crippen LogP) is -0.00353. The molecule has 3 N–H and O–H groups in total. The second-order valence-corrected chi connectivity index (χ2v) is 3.20. The van der Waals surface area contributed by atoms with Gasteiger partial charge in [-0.25, -0.2) is 0 Å². The van der Waals surface area contributed by atoms with Crippen LogP contribution in [0.3, 0.4) is 0 Å². The number of hydrogen-bond donors (Lipinski definition) is 3. The van der Waals surface area contributed by atoms with Crippen LogP contribution in [-0.4, -0.2) is 29.5 Å². The molecule has 3 heteroatoms. The van der Waals surface area contributed by atoms with Crippen LogP contribution in [0.15, 0.2) is 0 Å². The summed E-state index contributed by atoms with van der Waals surface area (Å²) >= 11 is 0. The highest BCUT2D eigenvalue weighted by molar-refractivity contribution is 5.92. The molecule has 0 saturated carbocycles. The molecule has 58 valence electrons. The first-order valence-corrected chi connectivity index (χ1v) is 3.58. The zero-order valence-corrected chi connectivity index (χ0v) is 6.44. The Morgan fingerprint density at radius 2 is 2.10 bits per heavy atom. The Morgan fingerprint density at radius 1 is 1.60 bits per heavy atom. The van der Waals surface area contributed by atoms with Crippen molar-refractivity contribution >= 4 is 5.71 Å². The maximum absolute atomic E-state index is 9.56. The Bertz CT molecular complexity index is 150. The Morgan fingerprint density at radius 3 is 2.20 bits per heavy atom. The van der Waals surface area contributed by atoms with E-state index in [4.69, 9.17) is 5.41 Å². The molecule has 0 spiro atoms. The summed E-state index contributed by atoms with van der Waals surface area (Å²) in [6.07, 6.45) is 0. The summed E-state index contributed by atoms with van der Waals surface area (Å²) in [6.45, 7) is 4.95. The number of aliphatic hydroxyl groups is 1. The minimum Gasteiger partial charge on any atom is -0.381 e. The minimum absolute atomic E-state index is 0.159. The van der Waals surface area contributed by atoms with Gasteiger partial charge in [-0.15, -0.1) is 0 Å². The van der Waals surface area contributed by atoms with E-state index < -0.39 is 5.60 Å². The van der Waals surface area contributed by atoms with Crippen molar-refractivity contribution in [2.75, 3.05) is 13.1 Å². The van der Waals surface area contributed by atoms with Gasteiger partial charge in [0.25, 0.3) is 0 Å². The molecule has 1 aliphatic rings. The largest absolute Gasteiger partial charge is 0.381 e. The SMILES string of the molecule is CC(C)C(=N)C1(O)CNC1. The molecule has 0 aromatic rings. The van der Waals surface area contributed by atoms with Crippen LogP contribution in [0.1, 0.15) is 13.8 Å². The van der Waals surface area contributed by atoms with Gasteiger partial charge in [0.2, 0.25) is 0 Å². The average Bonchev–Trinajstić information content (AvgIpc) is 1.81. The molecule has 1 saturated heterocycles. The summed E-state index contributed by atoms with van der Waals surface area (Å²) in [5, 5.41) is 20.0. The van der Waals surface area contributed by atoms with Crippen molar-refractivity contribution in [1.82, 2.24) is 5.32 Å². The van der Waals surface area contributed by atoms with E-state index in [1.165, 1.54) is 0 Å². The van der Waals surface area contributed by atoms with Crippen molar-refractivity contribution in [2.45, 2.75) is 19.4 Å². The quantitative estimate of drug-likeness (QED) is 0.475. The molecule has 1 heterocycles. The van der Waals surface area contributed by atoms with E-state index in [2.05, 4.69) is 5.32 Å². The van der Waals surface area contributed by atoms with Crippen molar-refractivity contribution in [1.29, 1.82) is 5.41 Å². The molecule has 3 nitrogen and oxygen atoms in total. The van der Waals surface area contributed by atoms with E-state index in [0.29, 0.717) is 18.8 Å². The highest BCUT2D eigenvalue weighted by Crippen LogP contribution is 2.16. The molecular weight excluding hydrogens is 128 g/mol. The topological polar surface area (TPSA) is 56.1 Å². The first-order valence-electron chi connectivity index (χ1n) is 3.58. The van der Waals surface area contributed by atoms with Crippen molar-refractivity contribution in [3.05, 3.63) is 0 Å². The van der Waals surface area contributed by atoms with Gasteiger partial charge in [0.05, 0.1) is 0 Å².